The molecule has 8 heteroatoms. The lowest BCUT2D eigenvalue weighted by Crippen LogP contribution is -2.33. The quantitative estimate of drug-likeness (QED) is 0.628. The number of carboxylic acids is 1. The predicted molar refractivity (Wildman–Crippen MR) is 56.9 cm³/mol. The summed E-state index contributed by atoms with van der Waals surface area (Å²) in [5.74, 6) is -0.329. The fourth-order valence-corrected chi connectivity index (χ4v) is 2.59. The van der Waals surface area contributed by atoms with Gasteiger partial charge in [0.25, 0.3) is 0 Å². The molecule has 1 aliphatic heterocycles. The van der Waals surface area contributed by atoms with Gasteiger partial charge in [0.05, 0.1) is 19.3 Å². The molecule has 0 bridgehead atoms. The van der Waals surface area contributed by atoms with E-state index >= 15 is 0 Å². The number of aromatic nitrogens is 3. The first-order valence-corrected chi connectivity index (χ1v) is 5.87. The molecule has 1 aromatic rings. The smallest absolute Gasteiger partial charge is 0.321 e. The minimum atomic E-state index is -0.849. The lowest BCUT2D eigenvalue weighted by molar-refractivity contribution is -0.138. The zero-order valence-electron chi connectivity index (χ0n) is 8.41. The summed E-state index contributed by atoms with van der Waals surface area (Å²) >= 11 is 1.49. The second-order valence-corrected chi connectivity index (χ2v) is 4.54. The number of nitrogens with one attached hydrogen (secondary N) is 1. The highest BCUT2D eigenvalue weighted by atomic mass is 32.2. The van der Waals surface area contributed by atoms with Crippen molar-refractivity contribution in [2.24, 2.45) is 0 Å². The normalized spacial score (nSPS) is 24.8. The van der Waals surface area contributed by atoms with E-state index < -0.39 is 12.0 Å². The second-order valence-electron chi connectivity index (χ2n) is 3.40. The number of nitrogens with zero attached hydrogens (tertiary/aromatic N) is 3. The van der Waals surface area contributed by atoms with Crippen LogP contribution < -0.4 is 5.32 Å². The fourth-order valence-electron chi connectivity index (χ4n) is 1.43. The summed E-state index contributed by atoms with van der Waals surface area (Å²) in [7, 11) is 0. The summed E-state index contributed by atoms with van der Waals surface area (Å²) in [6.45, 7) is 0.401. The van der Waals surface area contributed by atoms with E-state index in [9.17, 15) is 4.79 Å². The van der Waals surface area contributed by atoms with Crippen LogP contribution in [-0.4, -0.2) is 49.6 Å². The Bertz CT molecular complexity index is 383. The van der Waals surface area contributed by atoms with E-state index in [1.54, 1.807) is 6.20 Å². The molecular weight excluding hydrogens is 232 g/mol. The van der Waals surface area contributed by atoms with Gasteiger partial charge in [-0.05, 0) is 0 Å². The third-order valence-corrected chi connectivity index (χ3v) is 3.47. The average molecular weight is 244 g/mol. The lowest BCUT2D eigenvalue weighted by atomic mass is 10.3. The van der Waals surface area contributed by atoms with E-state index in [1.807, 2.05) is 0 Å². The summed E-state index contributed by atoms with van der Waals surface area (Å²) in [5, 5.41) is 28.1. The standard InChI is InChI=1S/C8H12N4O3S/c13-2-1-12-3-5(10-11-12)7-9-6(4-16-7)8(14)15/h3,6-7,9,13H,1-2,4H2,(H,14,15). The molecule has 0 radical (unpaired) electrons. The largest absolute Gasteiger partial charge is 0.480 e. The Morgan fingerprint density at radius 1 is 1.75 bits per heavy atom. The van der Waals surface area contributed by atoms with Gasteiger partial charge in [-0.3, -0.25) is 10.1 Å². The summed E-state index contributed by atoms with van der Waals surface area (Å²) in [6.07, 6.45) is 1.71. The van der Waals surface area contributed by atoms with Crippen LogP contribution in [0.3, 0.4) is 0 Å². The summed E-state index contributed by atoms with van der Waals surface area (Å²) in [6, 6.07) is -0.530. The number of carbonyl (C=O) groups is 1. The number of hydrogen-bond acceptors (Lipinski definition) is 6. The molecule has 2 atom stereocenters. The van der Waals surface area contributed by atoms with Gasteiger partial charge in [-0.1, -0.05) is 5.21 Å². The average Bonchev–Trinajstić information content (AvgIpc) is 2.84. The van der Waals surface area contributed by atoms with E-state index in [4.69, 9.17) is 10.2 Å². The third kappa shape index (κ3) is 2.34. The molecule has 2 heterocycles. The van der Waals surface area contributed by atoms with Crippen LogP contribution in [0.25, 0.3) is 0 Å². The molecule has 0 saturated carbocycles. The number of aliphatic hydroxyl groups is 1. The Morgan fingerprint density at radius 3 is 3.19 bits per heavy atom. The molecule has 1 aliphatic rings. The van der Waals surface area contributed by atoms with Gasteiger partial charge in [-0.25, -0.2) is 4.68 Å². The highest BCUT2D eigenvalue weighted by Crippen LogP contribution is 2.31. The first-order chi connectivity index (χ1) is 7.70. The Hall–Kier alpha value is -1.12. The van der Waals surface area contributed by atoms with Gasteiger partial charge in [-0.2, -0.15) is 0 Å². The SMILES string of the molecule is O=C(O)C1CSC(c2cn(CCO)nn2)N1. The maximum atomic E-state index is 10.7. The number of thioether (sulfide) groups is 1. The highest BCUT2D eigenvalue weighted by Gasteiger charge is 2.31. The van der Waals surface area contributed by atoms with E-state index in [0.29, 0.717) is 18.0 Å². The highest BCUT2D eigenvalue weighted by molar-refractivity contribution is 7.99. The summed E-state index contributed by atoms with van der Waals surface area (Å²) in [4.78, 5) is 10.7. The van der Waals surface area contributed by atoms with Crippen LogP contribution in [0.4, 0.5) is 0 Å². The Kier molecular flexibility index (Phi) is 3.42. The molecule has 3 N–H and O–H groups in total. The van der Waals surface area contributed by atoms with Gasteiger partial charge in [0, 0.05) is 5.75 Å². The van der Waals surface area contributed by atoms with Crippen LogP contribution in [0.2, 0.25) is 0 Å². The number of rotatable bonds is 4. The van der Waals surface area contributed by atoms with Crippen molar-refractivity contribution in [3.05, 3.63) is 11.9 Å². The lowest BCUT2D eigenvalue weighted by Gasteiger charge is -2.06. The summed E-state index contributed by atoms with van der Waals surface area (Å²) < 4.78 is 1.53. The minimum Gasteiger partial charge on any atom is -0.480 e. The van der Waals surface area contributed by atoms with Crippen molar-refractivity contribution >= 4 is 17.7 Å². The zero-order valence-corrected chi connectivity index (χ0v) is 9.22. The van der Waals surface area contributed by atoms with Crippen molar-refractivity contribution in [2.75, 3.05) is 12.4 Å². The van der Waals surface area contributed by atoms with E-state index in [1.165, 1.54) is 16.4 Å². The van der Waals surface area contributed by atoms with Crippen molar-refractivity contribution in [3.63, 3.8) is 0 Å². The molecule has 2 rings (SSSR count). The van der Waals surface area contributed by atoms with E-state index in [2.05, 4.69) is 15.6 Å². The van der Waals surface area contributed by atoms with Crippen LogP contribution in [0.15, 0.2) is 6.20 Å². The van der Waals surface area contributed by atoms with Crippen LogP contribution in [0, 0.1) is 0 Å². The maximum absolute atomic E-state index is 10.7. The Labute approximate surface area is 95.8 Å². The van der Waals surface area contributed by atoms with Crippen LogP contribution in [0.1, 0.15) is 11.1 Å². The molecule has 0 amide bonds. The number of hydrogen-bond donors (Lipinski definition) is 3. The third-order valence-electron chi connectivity index (χ3n) is 2.23. The predicted octanol–water partition coefficient (Wildman–Crippen LogP) is -0.941. The number of aliphatic hydroxyl groups excluding tert-OH is 1. The molecule has 1 fully saturated rings. The van der Waals surface area contributed by atoms with Crippen molar-refractivity contribution in [1.29, 1.82) is 0 Å². The van der Waals surface area contributed by atoms with Gasteiger partial charge >= 0.3 is 5.97 Å². The first-order valence-electron chi connectivity index (χ1n) is 4.82. The molecule has 2 unspecified atom stereocenters. The molecule has 1 saturated heterocycles. The zero-order chi connectivity index (χ0) is 11.5. The number of carboxylic acid groups (broad SMARTS) is 1. The molecule has 0 aromatic carbocycles. The van der Waals surface area contributed by atoms with E-state index in [-0.39, 0.29) is 12.0 Å². The molecule has 1 aromatic heterocycles. The van der Waals surface area contributed by atoms with Crippen molar-refractivity contribution in [2.45, 2.75) is 18.0 Å². The molecule has 0 aliphatic carbocycles. The minimum absolute atomic E-state index is 0.00574. The van der Waals surface area contributed by atoms with E-state index in [0.717, 1.165) is 0 Å². The Balaban J connectivity index is 2.00. The molecule has 7 nitrogen and oxygen atoms in total. The van der Waals surface area contributed by atoms with Gasteiger partial charge in [0.1, 0.15) is 17.1 Å². The summed E-state index contributed by atoms with van der Waals surface area (Å²) in [5.41, 5.74) is 0.696. The van der Waals surface area contributed by atoms with Crippen LogP contribution >= 0.6 is 11.8 Å². The number of aliphatic carboxylic acids is 1. The fraction of sp³-hybridized carbons (Fsp3) is 0.625. The molecule has 16 heavy (non-hydrogen) atoms. The first kappa shape index (κ1) is 11.4. The Morgan fingerprint density at radius 2 is 2.56 bits per heavy atom. The van der Waals surface area contributed by atoms with Crippen molar-refractivity contribution in [1.82, 2.24) is 20.3 Å². The van der Waals surface area contributed by atoms with Gasteiger partial charge in [-0.15, -0.1) is 16.9 Å². The molecular formula is C8H12N4O3S. The second kappa shape index (κ2) is 4.81. The van der Waals surface area contributed by atoms with Crippen molar-refractivity contribution in [3.8, 4) is 0 Å². The van der Waals surface area contributed by atoms with Gasteiger partial charge in [0.2, 0.25) is 0 Å². The molecule has 88 valence electrons. The van der Waals surface area contributed by atoms with Crippen LogP contribution in [-0.2, 0) is 11.3 Å². The van der Waals surface area contributed by atoms with Crippen molar-refractivity contribution < 1.29 is 15.0 Å². The topological polar surface area (TPSA) is 100 Å². The molecule has 0 spiro atoms. The monoisotopic (exact) mass is 244 g/mol. The maximum Gasteiger partial charge on any atom is 0.321 e. The van der Waals surface area contributed by atoms with Gasteiger partial charge < -0.3 is 10.2 Å². The van der Waals surface area contributed by atoms with Crippen LogP contribution in [0.5, 0.6) is 0 Å². The van der Waals surface area contributed by atoms with Gasteiger partial charge in [0.15, 0.2) is 0 Å².